The maximum Gasteiger partial charge on any atom is 0.191 e. The van der Waals surface area contributed by atoms with E-state index in [0.717, 1.165) is 62.5 Å². The van der Waals surface area contributed by atoms with Gasteiger partial charge in [-0.25, -0.2) is 4.98 Å². The number of hydrogen-bond acceptors (Lipinski definition) is 5. The van der Waals surface area contributed by atoms with Crippen molar-refractivity contribution >= 4 is 41.3 Å². The molecule has 0 saturated carbocycles. The van der Waals surface area contributed by atoms with Gasteiger partial charge in [-0.15, -0.1) is 35.3 Å². The molecule has 1 atom stereocenters. The second-order valence-corrected chi connectivity index (χ2v) is 8.12. The molecule has 1 aromatic carbocycles. The van der Waals surface area contributed by atoms with E-state index in [2.05, 4.69) is 62.1 Å². The Hall–Kier alpha value is -1.23. The molecule has 1 aliphatic heterocycles. The van der Waals surface area contributed by atoms with Crippen LogP contribution < -0.4 is 10.6 Å². The third kappa shape index (κ3) is 7.51. The van der Waals surface area contributed by atoms with Gasteiger partial charge < -0.3 is 15.4 Å². The minimum atomic E-state index is 0. The Morgan fingerprint density at radius 2 is 1.93 bits per heavy atom. The van der Waals surface area contributed by atoms with Gasteiger partial charge in [0.25, 0.3) is 0 Å². The van der Waals surface area contributed by atoms with E-state index >= 15 is 0 Å². The predicted molar refractivity (Wildman–Crippen MR) is 132 cm³/mol. The van der Waals surface area contributed by atoms with Gasteiger partial charge in [0.2, 0.25) is 0 Å². The summed E-state index contributed by atoms with van der Waals surface area (Å²) in [6.45, 7) is 9.28. The molecular formula is C21H32IN5OS. The smallest absolute Gasteiger partial charge is 0.191 e. The maximum absolute atomic E-state index is 5.55. The van der Waals surface area contributed by atoms with Crippen LogP contribution in [0.1, 0.15) is 27.9 Å². The molecule has 1 saturated heterocycles. The quantitative estimate of drug-likeness (QED) is 0.328. The molecule has 1 aromatic heterocycles. The number of thiazole rings is 1. The number of rotatable bonds is 7. The summed E-state index contributed by atoms with van der Waals surface area (Å²) in [7, 11) is 1.82. The highest BCUT2D eigenvalue weighted by Gasteiger charge is 2.22. The van der Waals surface area contributed by atoms with Crippen molar-refractivity contribution in [3.63, 3.8) is 0 Å². The molecule has 160 valence electrons. The maximum atomic E-state index is 5.55. The summed E-state index contributed by atoms with van der Waals surface area (Å²) in [5, 5.41) is 10.2. The summed E-state index contributed by atoms with van der Waals surface area (Å²) >= 11 is 1.70. The minimum Gasteiger partial charge on any atom is -0.379 e. The van der Waals surface area contributed by atoms with E-state index in [1.165, 1.54) is 11.1 Å². The van der Waals surface area contributed by atoms with Crippen LogP contribution in [0, 0.1) is 13.8 Å². The van der Waals surface area contributed by atoms with Crippen LogP contribution in [-0.4, -0.2) is 62.3 Å². The van der Waals surface area contributed by atoms with Crippen molar-refractivity contribution in [1.29, 1.82) is 0 Å². The second kappa shape index (κ2) is 12.5. The predicted octanol–water partition coefficient (Wildman–Crippen LogP) is 3.16. The molecule has 0 amide bonds. The topological polar surface area (TPSA) is 61.8 Å². The summed E-state index contributed by atoms with van der Waals surface area (Å²) in [6.07, 6.45) is 0.899. The molecule has 1 fully saturated rings. The highest BCUT2D eigenvalue weighted by molar-refractivity contribution is 14.0. The van der Waals surface area contributed by atoms with Gasteiger partial charge in [-0.05, 0) is 19.4 Å². The second-order valence-electron chi connectivity index (χ2n) is 7.06. The van der Waals surface area contributed by atoms with E-state index in [4.69, 9.17) is 4.74 Å². The van der Waals surface area contributed by atoms with E-state index in [-0.39, 0.29) is 24.0 Å². The van der Waals surface area contributed by atoms with Crippen molar-refractivity contribution < 1.29 is 4.74 Å². The average molecular weight is 529 g/mol. The number of aryl methyl sites for hydroxylation is 2. The number of aliphatic imine (C=N–C) groups is 1. The Morgan fingerprint density at radius 1 is 1.21 bits per heavy atom. The number of nitrogens with zero attached hydrogens (tertiary/aromatic N) is 3. The zero-order chi connectivity index (χ0) is 19.8. The molecule has 1 aliphatic rings. The SMILES string of the molecule is CN=C(NCCc1csc(C)n1)NCC(c1ccc(C)cc1)N1CCOCC1.I. The minimum absolute atomic E-state index is 0. The van der Waals surface area contributed by atoms with Gasteiger partial charge in [0.05, 0.1) is 30.0 Å². The largest absolute Gasteiger partial charge is 0.379 e. The third-order valence-electron chi connectivity index (χ3n) is 4.98. The number of benzene rings is 1. The van der Waals surface area contributed by atoms with Gasteiger partial charge in [0.1, 0.15) is 0 Å². The van der Waals surface area contributed by atoms with E-state index in [0.29, 0.717) is 6.04 Å². The normalized spacial score (nSPS) is 16.2. The van der Waals surface area contributed by atoms with E-state index < -0.39 is 0 Å². The highest BCUT2D eigenvalue weighted by Crippen LogP contribution is 2.21. The highest BCUT2D eigenvalue weighted by atomic mass is 127. The van der Waals surface area contributed by atoms with Crippen LogP contribution in [0.25, 0.3) is 0 Å². The Bertz CT molecular complexity index is 759. The van der Waals surface area contributed by atoms with Crippen LogP contribution in [0.2, 0.25) is 0 Å². The van der Waals surface area contributed by atoms with Crippen molar-refractivity contribution in [3.8, 4) is 0 Å². The molecule has 8 heteroatoms. The van der Waals surface area contributed by atoms with Crippen molar-refractivity contribution in [1.82, 2.24) is 20.5 Å². The molecule has 0 aliphatic carbocycles. The van der Waals surface area contributed by atoms with Crippen LogP contribution in [0.3, 0.4) is 0 Å². The van der Waals surface area contributed by atoms with E-state index in [1.54, 1.807) is 11.3 Å². The first kappa shape index (κ1) is 24.0. The lowest BCUT2D eigenvalue weighted by atomic mass is 10.0. The van der Waals surface area contributed by atoms with E-state index in [9.17, 15) is 0 Å². The molecule has 2 aromatic rings. The monoisotopic (exact) mass is 529 g/mol. The Morgan fingerprint density at radius 3 is 2.55 bits per heavy atom. The standard InChI is InChI=1S/C21H31N5OS.HI/c1-16-4-6-18(7-5-16)20(26-10-12-27-13-11-26)14-24-21(22-3)23-9-8-19-15-28-17(2)25-19;/h4-7,15,20H,8-14H2,1-3H3,(H2,22,23,24);1H. The number of guanidine groups is 1. The first-order valence-corrected chi connectivity index (χ1v) is 10.8. The fourth-order valence-corrected chi connectivity index (χ4v) is 4.03. The van der Waals surface area contributed by atoms with E-state index in [1.807, 2.05) is 14.0 Å². The van der Waals surface area contributed by atoms with Crippen LogP contribution in [-0.2, 0) is 11.2 Å². The lowest BCUT2D eigenvalue weighted by Gasteiger charge is -2.35. The Kier molecular flexibility index (Phi) is 10.3. The molecule has 2 heterocycles. The molecular weight excluding hydrogens is 497 g/mol. The van der Waals surface area contributed by atoms with Gasteiger partial charge >= 0.3 is 0 Å². The van der Waals surface area contributed by atoms with Crippen molar-refractivity contribution in [2.75, 3.05) is 46.4 Å². The number of ether oxygens (including phenoxy) is 1. The number of aromatic nitrogens is 1. The third-order valence-corrected chi connectivity index (χ3v) is 5.80. The fraction of sp³-hybridized carbons (Fsp3) is 0.524. The molecule has 29 heavy (non-hydrogen) atoms. The number of nitrogens with one attached hydrogen (secondary N) is 2. The lowest BCUT2D eigenvalue weighted by Crippen LogP contribution is -2.46. The van der Waals surface area contributed by atoms with Crippen molar-refractivity contribution in [2.45, 2.75) is 26.3 Å². The Balaban J connectivity index is 0.00000300. The van der Waals surface area contributed by atoms with Crippen molar-refractivity contribution in [2.24, 2.45) is 4.99 Å². The summed E-state index contributed by atoms with van der Waals surface area (Å²) in [6, 6.07) is 9.14. The molecule has 0 spiro atoms. The summed E-state index contributed by atoms with van der Waals surface area (Å²) in [5.41, 5.74) is 3.75. The zero-order valence-electron chi connectivity index (χ0n) is 17.5. The molecule has 6 nitrogen and oxygen atoms in total. The van der Waals surface area contributed by atoms with Crippen molar-refractivity contribution in [3.05, 3.63) is 51.5 Å². The Labute approximate surface area is 195 Å². The van der Waals surface area contributed by atoms with Gasteiger partial charge in [0.15, 0.2) is 5.96 Å². The van der Waals surface area contributed by atoms with Crippen LogP contribution in [0.5, 0.6) is 0 Å². The van der Waals surface area contributed by atoms with Gasteiger partial charge in [0, 0.05) is 45.0 Å². The molecule has 1 unspecified atom stereocenters. The van der Waals surface area contributed by atoms with Gasteiger partial charge in [-0.1, -0.05) is 29.8 Å². The molecule has 3 rings (SSSR count). The summed E-state index contributed by atoms with van der Waals surface area (Å²) < 4.78 is 5.55. The fourth-order valence-electron chi connectivity index (χ4n) is 3.38. The number of hydrogen-bond donors (Lipinski definition) is 2. The van der Waals surface area contributed by atoms with Crippen LogP contribution >= 0.6 is 35.3 Å². The van der Waals surface area contributed by atoms with Crippen LogP contribution in [0.15, 0.2) is 34.6 Å². The first-order chi connectivity index (χ1) is 13.7. The molecule has 0 radical (unpaired) electrons. The summed E-state index contributed by atoms with van der Waals surface area (Å²) in [5.74, 6) is 0.831. The molecule has 0 bridgehead atoms. The first-order valence-electron chi connectivity index (χ1n) is 9.89. The zero-order valence-corrected chi connectivity index (χ0v) is 20.6. The number of morpholine rings is 1. The van der Waals surface area contributed by atoms with Crippen LogP contribution in [0.4, 0.5) is 0 Å². The van der Waals surface area contributed by atoms with Gasteiger partial charge in [-0.2, -0.15) is 0 Å². The number of halogens is 1. The average Bonchev–Trinajstić information content (AvgIpc) is 3.14. The molecule has 2 N–H and O–H groups in total. The van der Waals surface area contributed by atoms with Gasteiger partial charge in [-0.3, -0.25) is 9.89 Å². The summed E-state index contributed by atoms with van der Waals surface area (Å²) in [4.78, 5) is 11.4. The lowest BCUT2D eigenvalue weighted by molar-refractivity contribution is 0.0170.